The lowest BCUT2D eigenvalue weighted by Gasteiger charge is -2.16. The van der Waals surface area contributed by atoms with Gasteiger partial charge in [-0.15, -0.1) is 0 Å². The second kappa shape index (κ2) is 8.96. The van der Waals surface area contributed by atoms with Gasteiger partial charge in [0.2, 0.25) is 0 Å². The Bertz CT molecular complexity index is 940. The fourth-order valence-electron chi connectivity index (χ4n) is 3.05. The number of amides is 1. The monoisotopic (exact) mass is 412 g/mol. The lowest BCUT2D eigenvalue weighted by atomic mass is 10.1. The maximum Gasteiger partial charge on any atom is 0.281 e. The molecule has 1 aliphatic heterocycles. The first-order valence-electron chi connectivity index (χ1n) is 9.37. The van der Waals surface area contributed by atoms with Crippen LogP contribution in [0.3, 0.4) is 0 Å². The normalized spacial score (nSPS) is 15.2. The molecule has 0 unspecified atom stereocenters. The van der Waals surface area contributed by atoms with Crippen molar-refractivity contribution in [3.63, 3.8) is 0 Å². The van der Waals surface area contributed by atoms with Crippen LogP contribution in [0, 0.1) is 0 Å². The highest BCUT2D eigenvalue weighted by Crippen LogP contribution is 2.32. The van der Waals surface area contributed by atoms with Crippen molar-refractivity contribution in [1.82, 2.24) is 4.90 Å². The van der Waals surface area contributed by atoms with Gasteiger partial charge in [-0.2, -0.15) is 0 Å². The molecular formula is C22H24N2O4S. The first-order chi connectivity index (χ1) is 14.0. The highest BCUT2D eigenvalue weighted by molar-refractivity contribution is 7.80. The van der Waals surface area contributed by atoms with Crippen molar-refractivity contribution in [2.45, 2.75) is 13.8 Å². The lowest BCUT2D eigenvalue weighted by molar-refractivity contribution is -0.114. The van der Waals surface area contributed by atoms with Crippen LogP contribution in [0.4, 0.5) is 5.69 Å². The zero-order valence-corrected chi connectivity index (χ0v) is 17.8. The number of nitrogens with zero attached hydrogens (tertiary/aromatic N) is 2. The summed E-state index contributed by atoms with van der Waals surface area (Å²) in [6.07, 6.45) is 1.79. The Morgan fingerprint density at radius 2 is 1.69 bits per heavy atom. The van der Waals surface area contributed by atoms with Crippen LogP contribution in [-0.4, -0.2) is 43.3 Å². The average Bonchev–Trinajstić information content (AvgIpc) is 2.93. The Morgan fingerprint density at radius 3 is 2.31 bits per heavy atom. The van der Waals surface area contributed by atoms with Crippen molar-refractivity contribution < 1.29 is 19.0 Å². The fraction of sp³-hybridized carbons (Fsp3) is 0.273. The molecule has 0 aromatic heterocycles. The molecule has 1 aliphatic rings. The van der Waals surface area contributed by atoms with E-state index in [1.54, 1.807) is 25.1 Å². The van der Waals surface area contributed by atoms with Gasteiger partial charge in [-0.1, -0.05) is 6.07 Å². The molecule has 29 heavy (non-hydrogen) atoms. The van der Waals surface area contributed by atoms with Gasteiger partial charge < -0.3 is 19.1 Å². The van der Waals surface area contributed by atoms with Crippen molar-refractivity contribution in [3.05, 3.63) is 53.7 Å². The number of carbonyl (C=O) groups is 1. The fourth-order valence-corrected chi connectivity index (χ4v) is 3.34. The Hall–Kier alpha value is -3.06. The van der Waals surface area contributed by atoms with Crippen molar-refractivity contribution in [1.29, 1.82) is 0 Å². The zero-order chi connectivity index (χ0) is 21.0. The first-order valence-corrected chi connectivity index (χ1v) is 9.78. The van der Waals surface area contributed by atoms with Crippen molar-refractivity contribution in [3.8, 4) is 17.2 Å². The van der Waals surface area contributed by atoms with Crippen LogP contribution in [0.5, 0.6) is 17.2 Å². The van der Waals surface area contributed by atoms with Crippen LogP contribution in [0.2, 0.25) is 0 Å². The van der Waals surface area contributed by atoms with Gasteiger partial charge in [0.1, 0.15) is 11.4 Å². The summed E-state index contributed by atoms with van der Waals surface area (Å²) < 4.78 is 16.4. The van der Waals surface area contributed by atoms with Crippen LogP contribution in [0.1, 0.15) is 19.4 Å². The van der Waals surface area contributed by atoms with E-state index in [1.807, 2.05) is 56.3 Å². The van der Waals surface area contributed by atoms with E-state index in [0.717, 1.165) is 11.3 Å². The Labute approximate surface area is 176 Å². The summed E-state index contributed by atoms with van der Waals surface area (Å²) in [6.45, 7) is 4.97. The number of thiocarbonyl (C=S) groups is 1. The van der Waals surface area contributed by atoms with Gasteiger partial charge in [0.25, 0.3) is 5.91 Å². The summed E-state index contributed by atoms with van der Waals surface area (Å²) in [5, 5.41) is 0.420. The molecular weight excluding hydrogens is 388 g/mol. The summed E-state index contributed by atoms with van der Waals surface area (Å²) in [5.41, 5.74) is 2.00. The molecule has 0 bridgehead atoms. The van der Waals surface area contributed by atoms with Crippen molar-refractivity contribution >= 4 is 35.0 Å². The topological polar surface area (TPSA) is 51.2 Å². The lowest BCUT2D eigenvalue weighted by Crippen LogP contribution is -2.31. The van der Waals surface area contributed by atoms with Crippen LogP contribution in [0.15, 0.2) is 48.2 Å². The minimum absolute atomic E-state index is 0.186. The summed E-state index contributed by atoms with van der Waals surface area (Å²) in [4.78, 5) is 16.3. The third-order valence-electron chi connectivity index (χ3n) is 4.46. The smallest absolute Gasteiger partial charge is 0.281 e. The molecule has 1 amide bonds. The SMILES string of the molecule is CCOc1ccc(N2C(=O)/C(=C/c3ccc(OCC)c(OC)c3)N(C)C2=S)cc1. The molecule has 152 valence electrons. The molecule has 6 nitrogen and oxygen atoms in total. The summed E-state index contributed by atoms with van der Waals surface area (Å²) in [5.74, 6) is 1.84. The highest BCUT2D eigenvalue weighted by Gasteiger charge is 2.36. The van der Waals surface area contributed by atoms with Gasteiger partial charge in [-0.05, 0) is 74.1 Å². The van der Waals surface area contributed by atoms with Gasteiger partial charge in [-0.25, -0.2) is 0 Å². The molecule has 0 spiro atoms. The molecule has 1 saturated heterocycles. The Kier molecular flexibility index (Phi) is 6.39. The second-order valence-corrected chi connectivity index (χ2v) is 6.65. The predicted molar refractivity (Wildman–Crippen MR) is 118 cm³/mol. The second-order valence-electron chi connectivity index (χ2n) is 6.28. The third-order valence-corrected chi connectivity index (χ3v) is 4.92. The number of anilines is 1. The molecule has 0 aliphatic carbocycles. The van der Waals surface area contributed by atoms with E-state index in [-0.39, 0.29) is 5.91 Å². The van der Waals surface area contributed by atoms with E-state index in [4.69, 9.17) is 26.4 Å². The largest absolute Gasteiger partial charge is 0.494 e. The number of carbonyl (C=O) groups excluding carboxylic acids is 1. The van der Waals surface area contributed by atoms with E-state index in [1.165, 1.54) is 4.90 Å². The van der Waals surface area contributed by atoms with E-state index in [2.05, 4.69) is 0 Å². The van der Waals surface area contributed by atoms with E-state index in [0.29, 0.717) is 41.2 Å². The number of hydrogen-bond donors (Lipinski definition) is 0. The molecule has 3 rings (SSSR count). The maximum absolute atomic E-state index is 13.1. The maximum atomic E-state index is 13.1. The van der Waals surface area contributed by atoms with Gasteiger partial charge in [-0.3, -0.25) is 9.69 Å². The average molecular weight is 413 g/mol. The van der Waals surface area contributed by atoms with Crippen molar-refractivity contribution in [2.75, 3.05) is 32.3 Å². The third kappa shape index (κ3) is 4.19. The minimum Gasteiger partial charge on any atom is -0.494 e. The molecule has 2 aromatic carbocycles. The minimum atomic E-state index is -0.186. The van der Waals surface area contributed by atoms with Gasteiger partial charge in [0, 0.05) is 7.05 Å². The zero-order valence-electron chi connectivity index (χ0n) is 17.0. The molecule has 0 radical (unpaired) electrons. The quantitative estimate of drug-likeness (QED) is 0.504. The number of methoxy groups -OCH3 is 1. The molecule has 0 N–H and O–H groups in total. The number of rotatable bonds is 7. The molecule has 1 fully saturated rings. The molecule has 7 heteroatoms. The van der Waals surface area contributed by atoms with E-state index >= 15 is 0 Å². The standard InChI is InChI=1S/C22H24N2O4S/c1-5-27-17-10-8-16(9-11-17)24-21(25)18(23(3)22(24)29)13-15-7-12-19(28-6-2)20(14-15)26-4/h7-14H,5-6H2,1-4H3/b18-13-. The van der Waals surface area contributed by atoms with Crippen LogP contribution in [0.25, 0.3) is 6.08 Å². The Balaban J connectivity index is 1.91. The van der Waals surface area contributed by atoms with Gasteiger partial charge in [0.05, 0.1) is 26.0 Å². The van der Waals surface area contributed by atoms with Crippen LogP contribution >= 0.6 is 12.2 Å². The van der Waals surface area contributed by atoms with Gasteiger partial charge in [0.15, 0.2) is 16.6 Å². The van der Waals surface area contributed by atoms with Crippen LogP contribution in [-0.2, 0) is 4.79 Å². The molecule has 0 saturated carbocycles. The number of likely N-dealkylation sites (N-methyl/N-ethyl adjacent to an activating group) is 1. The van der Waals surface area contributed by atoms with E-state index < -0.39 is 0 Å². The highest BCUT2D eigenvalue weighted by atomic mass is 32.1. The van der Waals surface area contributed by atoms with Gasteiger partial charge >= 0.3 is 0 Å². The molecule has 2 aromatic rings. The van der Waals surface area contributed by atoms with Crippen molar-refractivity contribution in [2.24, 2.45) is 0 Å². The predicted octanol–water partition coefficient (Wildman–Crippen LogP) is 4.10. The summed E-state index contributed by atoms with van der Waals surface area (Å²) >= 11 is 5.52. The molecule has 1 heterocycles. The number of ether oxygens (including phenoxy) is 3. The van der Waals surface area contributed by atoms with Crippen LogP contribution < -0.4 is 19.1 Å². The summed E-state index contributed by atoms with van der Waals surface area (Å²) in [7, 11) is 3.37. The summed E-state index contributed by atoms with van der Waals surface area (Å²) in [6, 6.07) is 12.8. The number of hydrogen-bond acceptors (Lipinski definition) is 5. The first kappa shape index (κ1) is 20.7. The van der Waals surface area contributed by atoms with E-state index in [9.17, 15) is 4.79 Å². The Morgan fingerprint density at radius 1 is 1.00 bits per heavy atom. The number of benzene rings is 2. The molecule has 0 atom stereocenters.